The van der Waals surface area contributed by atoms with Crippen molar-refractivity contribution in [2.24, 2.45) is 5.73 Å². The van der Waals surface area contributed by atoms with Crippen LogP contribution < -0.4 is 16.4 Å². The molecule has 2 rings (SSSR count). The van der Waals surface area contributed by atoms with Crippen molar-refractivity contribution >= 4 is 17.3 Å². The first-order chi connectivity index (χ1) is 8.08. The normalized spacial score (nSPS) is 17.1. The number of nitrogen functional groups attached to an aromatic ring is 1. The van der Waals surface area contributed by atoms with Crippen molar-refractivity contribution < 1.29 is 9.90 Å². The van der Waals surface area contributed by atoms with Crippen molar-refractivity contribution in [3.8, 4) is 0 Å². The molecule has 0 atom stereocenters. The largest absolute Gasteiger partial charge is 0.399 e. The van der Waals surface area contributed by atoms with E-state index in [1.807, 2.05) is 4.90 Å². The van der Waals surface area contributed by atoms with Crippen molar-refractivity contribution in [3.05, 3.63) is 23.8 Å². The third-order valence-corrected chi connectivity index (χ3v) is 3.09. The van der Waals surface area contributed by atoms with E-state index in [-0.39, 0.29) is 6.10 Å². The molecule has 0 radical (unpaired) electrons. The molecule has 1 fully saturated rings. The van der Waals surface area contributed by atoms with Crippen LogP contribution in [0.3, 0.4) is 0 Å². The van der Waals surface area contributed by atoms with Crippen LogP contribution in [0.5, 0.6) is 0 Å². The first-order valence-electron chi connectivity index (χ1n) is 5.70. The van der Waals surface area contributed by atoms with Gasteiger partial charge in [-0.1, -0.05) is 0 Å². The molecule has 1 saturated heterocycles. The number of hydrogen-bond acceptors (Lipinski definition) is 4. The number of piperidine rings is 1. The minimum absolute atomic E-state index is 0.246. The summed E-state index contributed by atoms with van der Waals surface area (Å²) in [5.74, 6) is -0.453. The van der Waals surface area contributed by atoms with Gasteiger partial charge in [0.1, 0.15) is 0 Å². The van der Waals surface area contributed by atoms with Gasteiger partial charge in [0.15, 0.2) is 0 Å². The van der Waals surface area contributed by atoms with Gasteiger partial charge in [0.2, 0.25) is 0 Å². The topological polar surface area (TPSA) is 92.6 Å². The zero-order valence-electron chi connectivity index (χ0n) is 9.60. The van der Waals surface area contributed by atoms with Gasteiger partial charge in [0.05, 0.1) is 17.4 Å². The summed E-state index contributed by atoms with van der Waals surface area (Å²) in [6, 6.07) is 5.08. The van der Waals surface area contributed by atoms with Gasteiger partial charge < -0.3 is 21.5 Å². The van der Waals surface area contributed by atoms with Crippen molar-refractivity contribution in [1.82, 2.24) is 0 Å². The van der Waals surface area contributed by atoms with Crippen LogP contribution >= 0.6 is 0 Å². The van der Waals surface area contributed by atoms with E-state index in [0.717, 1.165) is 5.69 Å². The third-order valence-electron chi connectivity index (χ3n) is 3.09. The van der Waals surface area contributed by atoms with E-state index in [2.05, 4.69) is 0 Å². The van der Waals surface area contributed by atoms with Crippen LogP contribution in [0.4, 0.5) is 11.4 Å². The number of rotatable bonds is 2. The van der Waals surface area contributed by atoms with E-state index in [1.165, 1.54) is 0 Å². The summed E-state index contributed by atoms with van der Waals surface area (Å²) in [6.07, 6.45) is 1.16. The number of hydrogen-bond donors (Lipinski definition) is 3. The Morgan fingerprint density at radius 1 is 1.35 bits per heavy atom. The highest BCUT2D eigenvalue weighted by atomic mass is 16.3. The van der Waals surface area contributed by atoms with Gasteiger partial charge >= 0.3 is 0 Å². The Bertz CT molecular complexity index is 426. The van der Waals surface area contributed by atoms with Crippen molar-refractivity contribution in [3.63, 3.8) is 0 Å². The number of aliphatic hydroxyl groups is 1. The maximum absolute atomic E-state index is 11.3. The predicted molar refractivity (Wildman–Crippen MR) is 66.8 cm³/mol. The number of benzene rings is 1. The summed E-state index contributed by atoms with van der Waals surface area (Å²) in [7, 11) is 0. The summed E-state index contributed by atoms with van der Waals surface area (Å²) in [6.45, 7) is 1.43. The highest BCUT2D eigenvalue weighted by Crippen LogP contribution is 2.26. The molecule has 0 bridgehead atoms. The van der Waals surface area contributed by atoms with Gasteiger partial charge in [-0.2, -0.15) is 0 Å². The number of aliphatic hydroxyl groups excluding tert-OH is 1. The molecule has 1 heterocycles. The molecule has 1 aromatic rings. The number of nitrogens with two attached hydrogens (primary N) is 2. The monoisotopic (exact) mass is 235 g/mol. The molecule has 17 heavy (non-hydrogen) atoms. The summed E-state index contributed by atoms with van der Waals surface area (Å²) in [5, 5.41) is 9.46. The van der Waals surface area contributed by atoms with Gasteiger partial charge in [-0.05, 0) is 31.0 Å². The number of carbonyl (C=O) groups is 1. The first kappa shape index (κ1) is 11.7. The maximum Gasteiger partial charge on any atom is 0.250 e. The number of nitrogens with zero attached hydrogens (tertiary/aromatic N) is 1. The summed E-state index contributed by atoms with van der Waals surface area (Å²) < 4.78 is 0. The van der Waals surface area contributed by atoms with Crippen molar-refractivity contribution in [2.75, 3.05) is 23.7 Å². The Morgan fingerprint density at radius 2 is 2.00 bits per heavy atom. The quantitative estimate of drug-likeness (QED) is 0.644. The third kappa shape index (κ3) is 2.50. The van der Waals surface area contributed by atoms with Crippen LogP contribution in [0.25, 0.3) is 0 Å². The van der Waals surface area contributed by atoms with Crippen LogP contribution in [-0.4, -0.2) is 30.2 Å². The van der Waals surface area contributed by atoms with Crippen LogP contribution in [0.2, 0.25) is 0 Å². The van der Waals surface area contributed by atoms with Gasteiger partial charge in [-0.25, -0.2) is 0 Å². The second-order valence-corrected chi connectivity index (χ2v) is 4.36. The molecular weight excluding hydrogens is 218 g/mol. The van der Waals surface area contributed by atoms with Crippen LogP contribution in [-0.2, 0) is 0 Å². The average Bonchev–Trinajstić information content (AvgIpc) is 2.29. The van der Waals surface area contributed by atoms with E-state index in [9.17, 15) is 9.90 Å². The van der Waals surface area contributed by atoms with Crippen molar-refractivity contribution in [1.29, 1.82) is 0 Å². The number of carbonyl (C=O) groups excluding carboxylic acids is 1. The lowest BCUT2D eigenvalue weighted by molar-refractivity contribution is 0.100. The van der Waals surface area contributed by atoms with Crippen LogP contribution in [0, 0.1) is 0 Å². The molecule has 0 saturated carbocycles. The van der Waals surface area contributed by atoms with E-state index >= 15 is 0 Å². The van der Waals surface area contributed by atoms with Crippen LogP contribution in [0.1, 0.15) is 23.2 Å². The minimum Gasteiger partial charge on any atom is -0.399 e. The van der Waals surface area contributed by atoms with E-state index in [1.54, 1.807) is 18.2 Å². The molecular formula is C12H17N3O2. The fraction of sp³-hybridized carbons (Fsp3) is 0.417. The second kappa shape index (κ2) is 4.63. The number of primary amides is 1. The molecule has 92 valence electrons. The molecule has 1 aromatic carbocycles. The lowest BCUT2D eigenvalue weighted by Crippen LogP contribution is -2.37. The molecule has 1 amide bonds. The van der Waals surface area contributed by atoms with E-state index in [0.29, 0.717) is 37.2 Å². The highest BCUT2D eigenvalue weighted by Gasteiger charge is 2.20. The van der Waals surface area contributed by atoms with Gasteiger partial charge in [-0.15, -0.1) is 0 Å². The Morgan fingerprint density at radius 3 is 2.59 bits per heavy atom. The Hall–Kier alpha value is -1.75. The lowest BCUT2D eigenvalue weighted by Gasteiger charge is -2.32. The Balaban J connectivity index is 2.30. The van der Waals surface area contributed by atoms with Crippen molar-refractivity contribution in [2.45, 2.75) is 18.9 Å². The second-order valence-electron chi connectivity index (χ2n) is 4.36. The molecule has 1 aliphatic rings. The molecule has 0 spiro atoms. The van der Waals surface area contributed by atoms with Crippen LogP contribution in [0.15, 0.2) is 18.2 Å². The molecule has 0 aromatic heterocycles. The molecule has 0 aliphatic carbocycles. The molecule has 0 unspecified atom stereocenters. The van der Waals surface area contributed by atoms with E-state index < -0.39 is 5.91 Å². The molecule has 5 heteroatoms. The van der Waals surface area contributed by atoms with Gasteiger partial charge in [0.25, 0.3) is 5.91 Å². The smallest absolute Gasteiger partial charge is 0.250 e. The SMILES string of the molecule is NC(=O)c1ccc(N)cc1N1CCC(O)CC1. The summed E-state index contributed by atoms with van der Waals surface area (Å²) in [4.78, 5) is 13.4. The summed E-state index contributed by atoms with van der Waals surface area (Å²) in [5.41, 5.74) is 12.9. The fourth-order valence-electron chi connectivity index (χ4n) is 2.13. The number of amides is 1. The summed E-state index contributed by atoms with van der Waals surface area (Å²) >= 11 is 0. The number of anilines is 2. The fourth-order valence-corrected chi connectivity index (χ4v) is 2.13. The Kier molecular flexibility index (Phi) is 3.19. The minimum atomic E-state index is -0.453. The zero-order valence-corrected chi connectivity index (χ0v) is 9.60. The van der Waals surface area contributed by atoms with E-state index in [4.69, 9.17) is 11.5 Å². The highest BCUT2D eigenvalue weighted by molar-refractivity contribution is 5.99. The lowest BCUT2D eigenvalue weighted by atomic mass is 10.0. The first-order valence-corrected chi connectivity index (χ1v) is 5.70. The zero-order chi connectivity index (χ0) is 12.4. The van der Waals surface area contributed by atoms with Gasteiger partial charge in [-0.3, -0.25) is 4.79 Å². The van der Waals surface area contributed by atoms with Gasteiger partial charge in [0, 0.05) is 18.8 Å². The average molecular weight is 235 g/mol. The Labute approximate surface area is 100 Å². The standard InChI is InChI=1S/C12H17N3O2/c13-8-1-2-10(12(14)17)11(7-8)15-5-3-9(16)4-6-15/h1-2,7,9,16H,3-6,13H2,(H2,14,17). The maximum atomic E-state index is 11.3. The molecule has 5 N–H and O–H groups in total. The molecule has 1 aliphatic heterocycles. The molecule has 5 nitrogen and oxygen atoms in total. The predicted octanol–water partition coefficient (Wildman–Crippen LogP) is 0.329.